The third-order valence-corrected chi connectivity index (χ3v) is 7.50. The average molecular weight is 362 g/mol. The maximum atomic E-state index is 2.45. The Morgan fingerprint density at radius 3 is 2.44 bits per heavy atom. The Morgan fingerprint density at radius 2 is 1.78 bits per heavy atom. The van der Waals surface area contributed by atoms with Gasteiger partial charge >= 0.3 is 110 Å². The van der Waals surface area contributed by atoms with E-state index in [1.54, 1.807) is 8.85 Å². The standard InChI is InChI=1S/C10H13.C5H5.2ClH.Zr/c1-2-6-9(5-1)10-7-3-4-8-10;1-2-4-5-3-1;;;/h1,5,10H,2-4,7-8H2;1-3H,4H2;2*1H;. The van der Waals surface area contributed by atoms with Crippen molar-refractivity contribution in [1.82, 2.24) is 0 Å². The van der Waals surface area contributed by atoms with Crippen LogP contribution in [0.1, 0.15) is 38.5 Å². The molecule has 0 aromatic carbocycles. The van der Waals surface area contributed by atoms with Crippen LogP contribution < -0.4 is 0 Å². The Labute approximate surface area is 134 Å². The molecule has 0 aromatic heterocycles. The molecule has 0 radical (unpaired) electrons. The van der Waals surface area contributed by atoms with Crippen LogP contribution in [-0.4, -0.2) is 0 Å². The number of allylic oxidation sites excluding steroid dienone is 8. The fraction of sp³-hybridized carbons (Fsp3) is 0.467. The predicted molar refractivity (Wildman–Crippen MR) is 79.1 cm³/mol. The molecule has 0 bridgehead atoms. The normalized spacial score (nSPS) is 21.9. The summed E-state index contributed by atoms with van der Waals surface area (Å²) in [4.78, 5) is 0. The van der Waals surface area contributed by atoms with Crippen LogP contribution in [0.4, 0.5) is 0 Å². The molecular formula is C15H20Cl2Zr. The molecule has 1 fully saturated rings. The van der Waals surface area contributed by atoms with Crippen molar-refractivity contribution < 1.29 is 23.2 Å². The fourth-order valence-electron chi connectivity index (χ4n) is 3.00. The van der Waals surface area contributed by atoms with Gasteiger partial charge in [-0.05, 0) is 0 Å². The van der Waals surface area contributed by atoms with Crippen molar-refractivity contribution in [3.05, 3.63) is 42.5 Å². The van der Waals surface area contributed by atoms with Crippen molar-refractivity contribution in [1.29, 1.82) is 0 Å². The second-order valence-corrected chi connectivity index (χ2v) is 8.65. The maximum Gasteiger partial charge on any atom is -0.147 e. The van der Waals surface area contributed by atoms with E-state index in [2.05, 4.69) is 30.4 Å². The minimum Gasteiger partial charge on any atom is -0.147 e. The fourth-order valence-corrected chi connectivity index (χ4v) is 6.54. The predicted octanol–water partition coefficient (Wildman–Crippen LogP) is 5.16. The van der Waals surface area contributed by atoms with Gasteiger partial charge in [0.25, 0.3) is 0 Å². The summed E-state index contributed by atoms with van der Waals surface area (Å²) in [6.07, 6.45) is 20.2. The second kappa shape index (κ2) is 7.88. The van der Waals surface area contributed by atoms with Gasteiger partial charge in [-0.3, -0.25) is 0 Å². The first-order valence-corrected chi connectivity index (χ1v) is 8.91. The molecular weight excluding hydrogens is 342 g/mol. The molecule has 0 atom stereocenters. The van der Waals surface area contributed by atoms with Crippen LogP contribution >= 0.6 is 24.8 Å². The van der Waals surface area contributed by atoms with E-state index in [9.17, 15) is 0 Å². The molecule has 3 rings (SSSR count). The number of hydrogen-bond donors (Lipinski definition) is 0. The molecule has 3 aliphatic rings. The van der Waals surface area contributed by atoms with Crippen LogP contribution in [0.15, 0.2) is 42.5 Å². The Hall–Kier alpha value is 0.423. The quantitative estimate of drug-likeness (QED) is 0.650. The summed E-state index contributed by atoms with van der Waals surface area (Å²) in [6.45, 7) is 0. The minimum absolute atomic E-state index is 0. The summed E-state index contributed by atoms with van der Waals surface area (Å²) in [5.41, 5.74) is 1.77. The van der Waals surface area contributed by atoms with Crippen molar-refractivity contribution in [2.75, 3.05) is 0 Å². The zero-order valence-corrected chi connectivity index (χ0v) is 14.6. The van der Waals surface area contributed by atoms with Crippen molar-refractivity contribution in [3.63, 3.8) is 0 Å². The van der Waals surface area contributed by atoms with E-state index in [-0.39, 0.29) is 24.8 Å². The van der Waals surface area contributed by atoms with Gasteiger partial charge in [0.05, 0.1) is 0 Å². The van der Waals surface area contributed by atoms with Gasteiger partial charge in [0, 0.05) is 0 Å². The van der Waals surface area contributed by atoms with Crippen LogP contribution in [0.5, 0.6) is 0 Å². The summed E-state index contributed by atoms with van der Waals surface area (Å²) in [6, 6.07) is 0. The van der Waals surface area contributed by atoms with E-state index in [1.807, 2.05) is 3.28 Å². The van der Waals surface area contributed by atoms with Gasteiger partial charge in [-0.25, -0.2) is 0 Å². The van der Waals surface area contributed by atoms with Gasteiger partial charge in [-0.1, -0.05) is 0 Å². The molecule has 0 aromatic rings. The summed E-state index contributed by atoms with van der Waals surface area (Å²) in [5, 5.41) is 0. The molecule has 0 unspecified atom stereocenters. The van der Waals surface area contributed by atoms with Crippen LogP contribution in [0, 0.1) is 5.92 Å². The molecule has 0 aliphatic heterocycles. The van der Waals surface area contributed by atoms with Gasteiger partial charge in [-0.2, -0.15) is 0 Å². The Bertz CT molecular complexity index is 399. The molecule has 0 saturated heterocycles. The second-order valence-electron chi connectivity index (χ2n) is 4.97. The molecule has 0 N–H and O–H groups in total. The Kier molecular flexibility index (Phi) is 7.21. The summed E-state index contributed by atoms with van der Waals surface area (Å²) >= 11 is -0.399. The molecule has 3 aliphatic carbocycles. The van der Waals surface area contributed by atoms with Crippen molar-refractivity contribution in [2.45, 2.75) is 38.5 Å². The minimum atomic E-state index is -0.399. The monoisotopic (exact) mass is 360 g/mol. The smallest absolute Gasteiger partial charge is 0.147 e. The van der Waals surface area contributed by atoms with E-state index < -0.39 is 23.2 Å². The van der Waals surface area contributed by atoms with E-state index in [1.165, 1.54) is 38.5 Å². The van der Waals surface area contributed by atoms with Gasteiger partial charge in [0.2, 0.25) is 0 Å². The van der Waals surface area contributed by atoms with Crippen molar-refractivity contribution in [2.24, 2.45) is 5.92 Å². The van der Waals surface area contributed by atoms with Crippen LogP contribution in [0.2, 0.25) is 0 Å². The molecule has 0 nitrogen and oxygen atoms in total. The average Bonchev–Trinajstić information content (AvgIpc) is 2.98. The molecule has 18 heavy (non-hydrogen) atoms. The van der Waals surface area contributed by atoms with Crippen LogP contribution in [0.25, 0.3) is 0 Å². The molecule has 0 amide bonds. The Balaban J connectivity index is 0.000000810. The third-order valence-electron chi connectivity index (χ3n) is 3.85. The van der Waals surface area contributed by atoms with E-state index in [0.717, 1.165) is 5.92 Å². The van der Waals surface area contributed by atoms with E-state index in [0.29, 0.717) is 0 Å². The van der Waals surface area contributed by atoms with E-state index >= 15 is 0 Å². The topological polar surface area (TPSA) is 0 Å². The van der Waals surface area contributed by atoms with Gasteiger partial charge in [-0.15, -0.1) is 24.8 Å². The molecule has 98 valence electrons. The first-order valence-electron chi connectivity index (χ1n) is 6.46. The zero-order valence-electron chi connectivity index (χ0n) is 10.5. The first-order chi connectivity index (χ1) is 7.93. The van der Waals surface area contributed by atoms with E-state index in [4.69, 9.17) is 0 Å². The van der Waals surface area contributed by atoms with Crippen LogP contribution in [0.3, 0.4) is 0 Å². The number of halogens is 2. The van der Waals surface area contributed by atoms with Gasteiger partial charge < -0.3 is 0 Å². The number of rotatable bonds is 3. The van der Waals surface area contributed by atoms with Crippen molar-refractivity contribution >= 4 is 24.8 Å². The van der Waals surface area contributed by atoms with Gasteiger partial charge in [0.1, 0.15) is 0 Å². The maximum absolute atomic E-state index is 2.45. The van der Waals surface area contributed by atoms with Crippen LogP contribution in [-0.2, 0) is 23.2 Å². The molecule has 3 heteroatoms. The summed E-state index contributed by atoms with van der Waals surface area (Å²) < 4.78 is 3.66. The molecule has 1 saturated carbocycles. The first kappa shape index (κ1) is 16.5. The Morgan fingerprint density at radius 1 is 1.00 bits per heavy atom. The molecule has 0 heterocycles. The summed E-state index contributed by atoms with van der Waals surface area (Å²) in [5.74, 6) is 0.935. The summed E-state index contributed by atoms with van der Waals surface area (Å²) in [7, 11) is 0. The number of hydrogen-bond acceptors (Lipinski definition) is 0. The zero-order chi connectivity index (χ0) is 10.8. The SMILES string of the molecule is C1=CC[C]([Zr][C]2=C(C3CCCC3)C=CC2)=C1.Cl.Cl. The third kappa shape index (κ3) is 3.72. The largest absolute Gasteiger partial charge is 0.147 e. The molecule has 0 spiro atoms. The van der Waals surface area contributed by atoms with Gasteiger partial charge in [0.15, 0.2) is 0 Å². The van der Waals surface area contributed by atoms with Crippen molar-refractivity contribution in [3.8, 4) is 0 Å².